The number of Topliss-reactive ketones (excluding diaryl/α,β-unsaturated/α-hetero) is 1. The minimum Gasteiger partial charge on any atom is -0.363 e. The molecule has 3 rings (SSSR count). The fourth-order valence-corrected chi connectivity index (χ4v) is 5.95. The fourth-order valence-electron chi connectivity index (χ4n) is 5.95. The van der Waals surface area contributed by atoms with Gasteiger partial charge in [0.05, 0.1) is 12.1 Å². The van der Waals surface area contributed by atoms with Crippen molar-refractivity contribution in [2.45, 2.75) is 123 Å². The topological polar surface area (TPSA) is 183 Å². The Kier molecular flexibility index (Phi) is 12.2. The minimum atomic E-state index is -1.10. The number of rotatable bonds is 14. The standard InChI is InChI=1S/C32H55N7O6/c1-31(2,3)23(19-38-17-10-16-34-30(38)45)36-29(44)37-25(32(4,5)6)28(43)39-18-9-13-22(39)27(42)35-21(24(40)26(33)41)12-8-7-11-20-14-15-20/h20-23,25H,7-19H2,1-6H3,(H2,33,41)(H,34,45)(H,35,42)(H2,36,37,44)/t21?,22-,23+,25+/m0/s1. The number of nitrogens with two attached hydrogens (primary N) is 1. The number of nitrogens with zero attached hydrogens (tertiary/aromatic N) is 2. The molecule has 0 bridgehead atoms. The maximum absolute atomic E-state index is 14.0. The number of hydrogen-bond donors (Lipinski definition) is 5. The molecule has 1 unspecified atom stereocenters. The Balaban J connectivity index is 1.68. The van der Waals surface area contributed by atoms with Gasteiger partial charge in [0.25, 0.3) is 5.91 Å². The number of likely N-dealkylation sites (tertiary alicyclic amines) is 1. The minimum absolute atomic E-state index is 0.170. The number of nitrogens with one attached hydrogen (secondary N) is 4. The molecule has 4 atom stereocenters. The second kappa shape index (κ2) is 15.3. The molecule has 13 heteroatoms. The Morgan fingerprint density at radius 1 is 0.911 bits per heavy atom. The van der Waals surface area contributed by atoms with Crippen LogP contribution in [0.2, 0.25) is 0 Å². The summed E-state index contributed by atoms with van der Waals surface area (Å²) in [4.78, 5) is 80.7. The van der Waals surface area contributed by atoms with Crippen LogP contribution >= 0.6 is 0 Å². The van der Waals surface area contributed by atoms with Crippen molar-refractivity contribution >= 4 is 35.6 Å². The molecule has 0 spiro atoms. The number of unbranched alkanes of at least 4 members (excludes halogenated alkanes) is 1. The van der Waals surface area contributed by atoms with Crippen LogP contribution in [0.4, 0.5) is 9.59 Å². The molecule has 254 valence electrons. The number of ketones is 1. The highest BCUT2D eigenvalue weighted by molar-refractivity contribution is 6.37. The Morgan fingerprint density at radius 2 is 1.60 bits per heavy atom. The van der Waals surface area contributed by atoms with Gasteiger partial charge in [-0.15, -0.1) is 0 Å². The van der Waals surface area contributed by atoms with Gasteiger partial charge in [-0.3, -0.25) is 19.2 Å². The van der Waals surface area contributed by atoms with Gasteiger partial charge in [0.1, 0.15) is 12.1 Å². The highest BCUT2D eigenvalue weighted by Gasteiger charge is 2.43. The molecule has 2 saturated heterocycles. The zero-order chi connectivity index (χ0) is 33.5. The summed E-state index contributed by atoms with van der Waals surface area (Å²) in [5, 5.41) is 11.4. The van der Waals surface area contributed by atoms with Gasteiger partial charge < -0.3 is 36.8 Å². The molecular weight excluding hydrogens is 578 g/mol. The maximum atomic E-state index is 14.0. The maximum Gasteiger partial charge on any atom is 0.317 e. The van der Waals surface area contributed by atoms with Gasteiger partial charge in [-0.05, 0) is 42.4 Å². The van der Waals surface area contributed by atoms with Crippen molar-refractivity contribution in [2.75, 3.05) is 26.2 Å². The van der Waals surface area contributed by atoms with E-state index < -0.39 is 59.1 Å². The van der Waals surface area contributed by atoms with E-state index in [0.29, 0.717) is 51.9 Å². The summed E-state index contributed by atoms with van der Waals surface area (Å²) in [6, 6.07) is -3.95. The quantitative estimate of drug-likeness (QED) is 0.144. The summed E-state index contributed by atoms with van der Waals surface area (Å²) in [6.07, 6.45) is 7.19. The number of carbonyl (C=O) groups excluding carboxylic acids is 6. The lowest BCUT2D eigenvalue weighted by Gasteiger charge is -2.39. The molecule has 1 aliphatic carbocycles. The smallest absolute Gasteiger partial charge is 0.317 e. The lowest BCUT2D eigenvalue weighted by Crippen LogP contribution is -2.62. The summed E-state index contributed by atoms with van der Waals surface area (Å²) in [5.74, 6) is -2.11. The van der Waals surface area contributed by atoms with Crippen molar-refractivity contribution in [3.05, 3.63) is 0 Å². The zero-order valence-corrected chi connectivity index (χ0v) is 28.0. The van der Waals surface area contributed by atoms with Gasteiger partial charge >= 0.3 is 12.1 Å². The predicted molar refractivity (Wildman–Crippen MR) is 170 cm³/mol. The van der Waals surface area contributed by atoms with E-state index in [0.717, 1.165) is 25.2 Å². The number of primary amides is 1. The van der Waals surface area contributed by atoms with Crippen molar-refractivity contribution in [3.63, 3.8) is 0 Å². The SMILES string of the molecule is CC(C)(C)[C@H](NC(=O)N[C@H](CN1CCCNC1=O)C(C)(C)C)C(=O)N1CCC[C@H]1C(=O)NC(CCCCC1CC1)C(=O)C(N)=O. The molecule has 2 heterocycles. The molecule has 6 N–H and O–H groups in total. The summed E-state index contributed by atoms with van der Waals surface area (Å²) >= 11 is 0. The molecule has 0 aromatic carbocycles. The van der Waals surface area contributed by atoms with Crippen LogP contribution in [-0.4, -0.2) is 95.7 Å². The Hall–Kier alpha value is -3.38. The van der Waals surface area contributed by atoms with Crippen molar-refractivity contribution in [1.29, 1.82) is 0 Å². The first-order chi connectivity index (χ1) is 21.0. The predicted octanol–water partition coefficient (Wildman–Crippen LogP) is 2.03. The molecule has 0 radical (unpaired) electrons. The van der Waals surface area contributed by atoms with Crippen LogP contribution in [0.25, 0.3) is 0 Å². The second-order valence-electron chi connectivity index (χ2n) is 15.1. The molecular formula is C32H55N7O6. The number of urea groups is 2. The highest BCUT2D eigenvalue weighted by atomic mass is 16.2. The molecule has 3 aliphatic rings. The van der Waals surface area contributed by atoms with Crippen LogP contribution in [0.5, 0.6) is 0 Å². The second-order valence-corrected chi connectivity index (χ2v) is 15.1. The molecule has 2 aliphatic heterocycles. The molecule has 0 aromatic heterocycles. The number of hydrogen-bond acceptors (Lipinski definition) is 6. The zero-order valence-electron chi connectivity index (χ0n) is 28.0. The van der Waals surface area contributed by atoms with Gasteiger partial charge in [-0.2, -0.15) is 0 Å². The molecule has 3 fully saturated rings. The van der Waals surface area contributed by atoms with Crippen molar-refractivity contribution < 1.29 is 28.8 Å². The van der Waals surface area contributed by atoms with Crippen LogP contribution in [0, 0.1) is 16.7 Å². The largest absolute Gasteiger partial charge is 0.363 e. The number of carbonyl (C=O) groups is 6. The van der Waals surface area contributed by atoms with Crippen LogP contribution in [0.1, 0.15) is 99.3 Å². The molecule has 13 nitrogen and oxygen atoms in total. The van der Waals surface area contributed by atoms with E-state index in [1.54, 1.807) is 4.90 Å². The third-order valence-electron chi connectivity index (χ3n) is 9.08. The van der Waals surface area contributed by atoms with Crippen LogP contribution < -0.4 is 27.0 Å². The van der Waals surface area contributed by atoms with Gasteiger partial charge in [-0.25, -0.2) is 9.59 Å². The normalized spacial score (nSPS) is 20.9. The fraction of sp³-hybridized carbons (Fsp3) is 0.812. The average molecular weight is 634 g/mol. The van der Waals surface area contributed by atoms with Crippen LogP contribution in [-0.2, 0) is 19.2 Å². The van der Waals surface area contributed by atoms with E-state index in [9.17, 15) is 28.8 Å². The molecule has 45 heavy (non-hydrogen) atoms. The average Bonchev–Trinajstić information content (AvgIpc) is 3.64. The Labute approximate surface area is 267 Å². The third kappa shape index (κ3) is 10.6. The summed E-state index contributed by atoms with van der Waals surface area (Å²) < 4.78 is 0. The van der Waals surface area contributed by atoms with Crippen LogP contribution in [0.3, 0.4) is 0 Å². The highest BCUT2D eigenvalue weighted by Crippen LogP contribution is 2.34. The van der Waals surface area contributed by atoms with Crippen molar-refractivity contribution in [1.82, 2.24) is 31.1 Å². The first kappa shape index (κ1) is 36.1. The first-order valence-electron chi connectivity index (χ1n) is 16.5. The van der Waals surface area contributed by atoms with Gasteiger partial charge in [-0.1, -0.05) is 73.6 Å². The van der Waals surface area contributed by atoms with E-state index in [1.165, 1.54) is 17.7 Å². The lowest BCUT2D eigenvalue weighted by atomic mass is 9.85. The molecule has 0 aromatic rings. The molecule has 7 amide bonds. The Morgan fingerprint density at radius 3 is 2.18 bits per heavy atom. The van der Waals surface area contributed by atoms with E-state index in [-0.39, 0.29) is 11.4 Å². The van der Waals surface area contributed by atoms with E-state index in [4.69, 9.17) is 5.73 Å². The lowest BCUT2D eigenvalue weighted by molar-refractivity contribution is -0.143. The van der Waals surface area contributed by atoms with Crippen molar-refractivity contribution in [3.8, 4) is 0 Å². The third-order valence-corrected chi connectivity index (χ3v) is 9.08. The van der Waals surface area contributed by atoms with Crippen molar-refractivity contribution in [2.24, 2.45) is 22.5 Å². The summed E-state index contributed by atoms with van der Waals surface area (Å²) in [7, 11) is 0. The summed E-state index contributed by atoms with van der Waals surface area (Å²) in [6.45, 7) is 13.3. The molecule has 1 saturated carbocycles. The monoisotopic (exact) mass is 633 g/mol. The van der Waals surface area contributed by atoms with Gasteiger partial charge in [0.15, 0.2) is 0 Å². The van der Waals surface area contributed by atoms with Gasteiger partial charge in [0.2, 0.25) is 17.6 Å². The van der Waals surface area contributed by atoms with E-state index in [1.807, 2.05) is 41.5 Å². The van der Waals surface area contributed by atoms with Crippen LogP contribution in [0.15, 0.2) is 0 Å². The Bertz CT molecular complexity index is 1110. The first-order valence-corrected chi connectivity index (χ1v) is 16.5. The van der Waals surface area contributed by atoms with E-state index in [2.05, 4.69) is 21.3 Å². The number of amides is 7. The van der Waals surface area contributed by atoms with E-state index >= 15 is 0 Å². The van der Waals surface area contributed by atoms with Gasteiger partial charge in [0, 0.05) is 26.2 Å². The summed E-state index contributed by atoms with van der Waals surface area (Å²) in [5.41, 5.74) is 4.20.